The fraction of sp³-hybridized carbons (Fsp3) is 0.692. The van der Waals surface area contributed by atoms with E-state index in [0.717, 1.165) is 18.7 Å². The summed E-state index contributed by atoms with van der Waals surface area (Å²) < 4.78 is 11.6. The summed E-state index contributed by atoms with van der Waals surface area (Å²) in [5.74, 6) is 2.13. The van der Waals surface area contributed by atoms with Gasteiger partial charge >= 0.3 is 0 Å². The van der Waals surface area contributed by atoms with Gasteiger partial charge in [0.05, 0.1) is 12.2 Å². The van der Waals surface area contributed by atoms with E-state index in [1.54, 1.807) is 0 Å². The first-order valence-electron chi connectivity index (χ1n) is 6.42. The molecule has 2 unspecified atom stereocenters. The number of aromatic nitrogens is 2. The van der Waals surface area contributed by atoms with Crippen molar-refractivity contribution in [3.05, 3.63) is 11.9 Å². The highest BCUT2D eigenvalue weighted by Gasteiger charge is 2.26. The van der Waals surface area contributed by atoms with E-state index in [0.29, 0.717) is 11.7 Å². The van der Waals surface area contributed by atoms with Crippen LogP contribution < -0.4 is 10.1 Å². The summed E-state index contributed by atoms with van der Waals surface area (Å²) in [7, 11) is 1.84. The van der Waals surface area contributed by atoms with E-state index in [-0.39, 0.29) is 18.3 Å². The first-order chi connectivity index (χ1) is 8.56. The summed E-state index contributed by atoms with van der Waals surface area (Å²) in [6.45, 7) is 6.02. The molecule has 0 saturated carbocycles. The molecule has 1 aliphatic heterocycles. The van der Waals surface area contributed by atoms with E-state index in [1.807, 2.05) is 20.0 Å². The standard InChI is InChI=1S/C13H21N3O2/c1-8-5-11(6-9(2)17-8)18-13-7-12(14-4)15-10(3)16-13/h7-9,11H,5-6H2,1-4H3,(H,14,15,16). The second-order valence-corrected chi connectivity index (χ2v) is 4.86. The van der Waals surface area contributed by atoms with Crippen LogP contribution in [0.2, 0.25) is 0 Å². The Bertz CT molecular complexity index is 401. The van der Waals surface area contributed by atoms with Gasteiger partial charge in [-0.25, -0.2) is 4.98 Å². The third-order valence-electron chi connectivity index (χ3n) is 3.01. The van der Waals surface area contributed by atoms with Gasteiger partial charge in [0.15, 0.2) is 0 Å². The van der Waals surface area contributed by atoms with Crippen LogP contribution in [0.1, 0.15) is 32.5 Å². The molecule has 0 amide bonds. The third kappa shape index (κ3) is 3.32. The minimum atomic E-state index is 0.169. The van der Waals surface area contributed by atoms with Crippen LogP contribution in [0.25, 0.3) is 0 Å². The molecule has 1 N–H and O–H groups in total. The largest absolute Gasteiger partial charge is 0.474 e. The Morgan fingerprint density at radius 2 is 1.94 bits per heavy atom. The predicted octanol–water partition coefficient (Wildman–Crippen LogP) is 2.16. The molecule has 2 heterocycles. The summed E-state index contributed by atoms with van der Waals surface area (Å²) in [6.07, 6.45) is 2.46. The minimum absolute atomic E-state index is 0.169. The van der Waals surface area contributed by atoms with Gasteiger partial charge in [0.25, 0.3) is 0 Å². The Hall–Kier alpha value is -1.36. The summed E-state index contributed by atoms with van der Waals surface area (Å²) >= 11 is 0. The molecule has 1 aliphatic rings. The second-order valence-electron chi connectivity index (χ2n) is 4.86. The minimum Gasteiger partial charge on any atom is -0.474 e. The Labute approximate surface area is 108 Å². The van der Waals surface area contributed by atoms with Crippen molar-refractivity contribution < 1.29 is 9.47 Å². The van der Waals surface area contributed by atoms with Crippen molar-refractivity contribution in [2.75, 3.05) is 12.4 Å². The van der Waals surface area contributed by atoms with Gasteiger partial charge in [-0.05, 0) is 20.8 Å². The molecule has 0 bridgehead atoms. The van der Waals surface area contributed by atoms with Crippen molar-refractivity contribution in [2.24, 2.45) is 0 Å². The predicted molar refractivity (Wildman–Crippen MR) is 70.0 cm³/mol. The highest BCUT2D eigenvalue weighted by molar-refractivity contribution is 5.37. The van der Waals surface area contributed by atoms with E-state index >= 15 is 0 Å². The van der Waals surface area contributed by atoms with Gasteiger partial charge in [0.2, 0.25) is 5.88 Å². The molecule has 100 valence electrons. The molecule has 2 atom stereocenters. The fourth-order valence-electron chi connectivity index (χ4n) is 2.34. The highest BCUT2D eigenvalue weighted by atomic mass is 16.5. The summed E-state index contributed by atoms with van der Waals surface area (Å²) in [6, 6.07) is 1.83. The molecule has 1 aromatic rings. The van der Waals surface area contributed by atoms with E-state index in [2.05, 4.69) is 29.1 Å². The molecular formula is C13H21N3O2. The lowest BCUT2D eigenvalue weighted by Crippen LogP contribution is -2.35. The number of hydrogen-bond acceptors (Lipinski definition) is 5. The first-order valence-corrected chi connectivity index (χ1v) is 6.42. The maximum absolute atomic E-state index is 5.95. The zero-order valence-corrected chi connectivity index (χ0v) is 11.4. The summed E-state index contributed by atoms with van der Waals surface area (Å²) in [4.78, 5) is 8.56. The molecule has 0 spiro atoms. The number of nitrogens with zero attached hydrogens (tertiary/aromatic N) is 2. The van der Waals surface area contributed by atoms with E-state index in [4.69, 9.17) is 9.47 Å². The molecule has 0 aliphatic carbocycles. The zero-order valence-electron chi connectivity index (χ0n) is 11.4. The normalized spacial score (nSPS) is 27.9. The van der Waals surface area contributed by atoms with Crippen LogP contribution in [0.15, 0.2) is 6.07 Å². The Morgan fingerprint density at radius 3 is 2.56 bits per heavy atom. The topological polar surface area (TPSA) is 56.3 Å². The van der Waals surface area contributed by atoms with Gasteiger partial charge in [0, 0.05) is 26.0 Å². The van der Waals surface area contributed by atoms with Gasteiger partial charge in [0.1, 0.15) is 17.7 Å². The smallest absolute Gasteiger partial charge is 0.218 e. The van der Waals surface area contributed by atoms with Crippen LogP contribution in [0.4, 0.5) is 5.82 Å². The van der Waals surface area contributed by atoms with Crippen molar-refractivity contribution in [3.63, 3.8) is 0 Å². The lowest BCUT2D eigenvalue weighted by Gasteiger charge is -2.31. The molecule has 1 aromatic heterocycles. The van der Waals surface area contributed by atoms with Gasteiger partial charge in [-0.15, -0.1) is 0 Å². The van der Waals surface area contributed by atoms with Crippen LogP contribution in [0.5, 0.6) is 5.88 Å². The van der Waals surface area contributed by atoms with Crippen LogP contribution in [-0.4, -0.2) is 35.3 Å². The van der Waals surface area contributed by atoms with Crippen molar-refractivity contribution in [1.82, 2.24) is 9.97 Å². The van der Waals surface area contributed by atoms with E-state index in [1.165, 1.54) is 0 Å². The maximum atomic E-state index is 5.95. The molecule has 5 heteroatoms. The number of rotatable bonds is 3. The average molecular weight is 251 g/mol. The molecule has 1 fully saturated rings. The van der Waals surface area contributed by atoms with Crippen molar-refractivity contribution in [2.45, 2.75) is 51.9 Å². The van der Waals surface area contributed by atoms with Crippen molar-refractivity contribution >= 4 is 5.82 Å². The quantitative estimate of drug-likeness (QED) is 0.892. The maximum Gasteiger partial charge on any atom is 0.218 e. The monoisotopic (exact) mass is 251 g/mol. The van der Waals surface area contributed by atoms with E-state index < -0.39 is 0 Å². The molecule has 2 rings (SSSR count). The molecule has 1 saturated heterocycles. The van der Waals surface area contributed by atoms with E-state index in [9.17, 15) is 0 Å². The van der Waals surface area contributed by atoms with Gasteiger partial charge < -0.3 is 14.8 Å². The highest BCUT2D eigenvalue weighted by Crippen LogP contribution is 2.24. The number of aryl methyl sites for hydroxylation is 1. The number of hydrogen-bond donors (Lipinski definition) is 1. The fourth-order valence-corrected chi connectivity index (χ4v) is 2.34. The van der Waals surface area contributed by atoms with Gasteiger partial charge in [-0.3, -0.25) is 0 Å². The lowest BCUT2D eigenvalue weighted by molar-refractivity contribution is -0.0729. The Morgan fingerprint density at radius 1 is 1.28 bits per heavy atom. The summed E-state index contributed by atoms with van der Waals surface area (Å²) in [5.41, 5.74) is 0. The molecule has 0 aromatic carbocycles. The van der Waals surface area contributed by atoms with Gasteiger partial charge in [-0.1, -0.05) is 0 Å². The van der Waals surface area contributed by atoms with Crippen LogP contribution >= 0.6 is 0 Å². The second kappa shape index (κ2) is 5.52. The van der Waals surface area contributed by atoms with Crippen LogP contribution in [0, 0.1) is 6.92 Å². The van der Waals surface area contributed by atoms with Crippen molar-refractivity contribution in [3.8, 4) is 5.88 Å². The van der Waals surface area contributed by atoms with Crippen LogP contribution in [0.3, 0.4) is 0 Å². The number of anilines is 1. The van der Waals surface area contributed by atoms with Crippen molar-refractivity contribution in [1.29, 1.82) is 0 Å². The number of ether oxygens (including phenoxy) is 2. The number of nitrogens with one attached hydrogen (secondary N) is 1. The first kappa shape index (κ1) is 13.1. The summed E-state index contributed by atoms with van der Waals surface area (Å²) in [5, 5.41) is 3.01. The third-order valence-corrected chi connectivity index (χ3v) is 3.01. The SMILES string of the molecule is CNc1cc(OC2CC(C)OC(C)C2)nc(C)n1. The molecule has 0 radical (unpaired) electrons. The molecule has 18 heavy (non-hydrogen) atoms. The molecule has 5 nitrogen and oxygen atoms in total. The molecular weight excluding hydrogens is 230 g/mol. The average Bonchev–Trinajstić information content (AvgIpc) is 2.26. The van der Waals surface area contributed by atoms with Crippen LogP contribution in [-0.2, 0) is 4.74 Å². The zero-order chi connectivity index (χ0) is 13.1. The Balaban J connectivity index is 2.06. The lowest BCUT2D eigenvalue weighted by atomic mass is 10.0. The Kier molecular flexibility index (Phi) is 4.01. The van der Waals surface area contributed by atoms with Gasteiger partial charge in [-0.2, -0.15) is 4.98 Å².